The van der Waals surface area contributed by atoms with Crippen LogP contribution in [0.4, 0.5) is 4.39 Å². The number of rotatable bonds is 4. The summed E-state index contributed by atoms with van der Waals surface area (Å²) in [4.78, 5) is 0. The van der Waals surface area contributed by atoms with Crippen LogP contribution in [0.15, 0.2) is 18.2 Å². The zero-order chi connectivity index (χ0) is 12.6. The Morgan fingerprint density at radius 1 is 1.28 bits per heavy atom. The Labute approximate surface area is 107 Å². The lowest BCUT2D eigenvalue weighted by Crippen LogP contribution is -2.34. The van der Waals surface area contributed by atoms with Gasteiger partial charge in [0.25, 0.3) is 0 Å². The second kappa shape index (κ2) is 4.54. The molecule has 0 amide bonds. The van der Waals surface area contributed by atoms with Crippen LogP contribution < -0.4 is 10.5 Å². The van der Waals surface area contributed by atoms with Crippen molar-refractivity contribution in [3.8, 4) is 5.75 Å². The van der Waals surface area contributed by atoms with Crippen LogP contribution in [0.2, 0.25) is 0 Å². The first kappa shape index (κ1) is 12.0. The number of benzene rings is 1. The molecule has 0 heterocycles. The van der Waals surface area contributed by atoms with E-state index in [2.05, 4.69) is 0 Å². The van der Waals surface area contributed by atoms with Crippen LogP contribution in [0.25, 0.3) is 0 Å². The monoisotopic (exact) mass is 249 g/mol. The first-order valence-corrected chi connectivity index (χ1v) is 6.90. The number of hydrogen-bond donors (Lipinski definition) is 1. The van der Waals surface area contributed by atoms with Gasteiger partial charge in [0.1, 0.15) is 0 Å². The maximum atomic E-state index is 14.0. The summed E-state index contributed by atoms with van der Waals surface area (Å²) in [5.41, 5.74) is 6.90. The third-order valence-corrected chi connectivity index (χ3v) is 4.16. The Kier molecular flexibility index (Phi) is 3.02. The fourth-order valence-electron chi connectivity index (χ4n) is 2.81. The average molecular weight is 249 g/mol. The fraction of sp³-hybridized carbons (Fsp3) is 0.600. The largest absolute Gasteiger partial charge is 0.490 e. The van der Waals surface area contributed by atoms with Crippen molar-refractivity contribution in [2.24, 2.45) is 11.7 Å². The highest BCUT2D eigenvalue weighted by Crippen LogP contribution is 2.42. The summed E-state index contributed by atoms with van der Waals surface area (Å²) >= 11 is 0. The van der Waals surface area contributed by atoms with Gasteiger partial charge in [-0.2, -0.15) is 0 Å². The van der Waals surface area contributed by atoms with Crippen molar-refractivity contribution in [3.63, 3.8) is 0 Å². The van der Waals surface area contributed by atoms with Gasteiger partial charge in [-0.25, -0.2) is 4.39 Å². The van der Waals surface area contributed by atoms with Gasteiger partial charge in [-0.05, 0) is 37.7 Å². The Morgan fingerprint density at radius 2 is 2.00 bits per heavy atom. The lowest BCUT2D eigenvalue weighted by atomic mass is 9.88. The summed E-state index contributed by atoms with van der Waals surface area (Å²) in [5, 5.41) is 0. The Hall–Kier alpha value is -1.09. The molecule has 1 aromatic carbocycles. The number of para-hydroxylation sites is 1. The van der Waals surface area contributed by atoms with Crippen molar-refractivity contribution in [1.29, 1.82) is 0 Å². The van der Waals surface area contributed by atoms with Crippen molar-refractivity contribution < 1.29 is 9.13 Å². The molecular weight excluding hydrogens is 229 g/mol. The number of nitrogens with two attached hydrogens (primary N) is 1. The van der Waals surface area contributed by atoms with Gasteiger partial charge in [0, 0.05) is 11.1 Å². The van der Waals surface area contributed by atoms with Gasteiger partial charge >= 0.3 is 0 Å². The van der Waals surface area contributed by atoms with Crippen molar-refractivity contribution in [1.82, 2.24) is 0 Å². The van der Waals surface area contributed by atoms with Gasteiger partial charge in [-0.1, -0.05) is 25.0 Å². The van der Waals surface area contributed by atoms with E-state index in [4.69, 9.17) is 10.5 Å². The van der Waals surface area contributed by atoms with E-state index < -0.39 is 0 Å². The van der Waals surface area contributed by atoms with Gasteiger partial charge in [-0.15, -0.1) is 0 Å². The third-order valence-electron chi connectivity index (χ3n) is 4.16. The van der Waals surface area contributed by atoms with Crippen LogP contribution in [-0.4, -0.2) is 6.61 Å². The second-order valence-electron chi connectivity index (χ2n) is 5.73. The van der Waals surface area contributed by atoms with Crippen molar-refractivity contribution >= 4 is 0 Å². The van der Waals surface area contributed by atoms with Gasteiger partial charge in [-0.3, -0.25) is 0 Å². The van der Waals surface area contributed by atoms with Crippen molar-refractivity contribution in [2.45, 2.75) is 44.1 Å². The van der Waals surface area contributed by atoms with E-state index >= 15 is 0 Å². The molecule has 0 unspecified atom stereocenters. The Balaban J connectivity index is 1.88. The Bertz CT molecular complexity index is 436. The van der Waals surface area contributed by atoms with E-state index in [0.717, 1.165) is 31.2 Å². The standard InChI is InChI=1S/C15H20FNO/c16-13-5-3-4-12(15(17)8-1-2-9-15)14(13)18-10-11-6-7-11/h3-5,11H,1-2,6-10,17H2. The molecule has 2 N–H and O–H groups in total. The van der Waals surface area contributed by atoms with Gasteiger partial charge in [0.05, 0.1) is 6.61 Å². The Morgan fingerprint density at radius 3 is 2.67 bits per heavy atom. The molecule has 0 aliphatic heterocycles. The molecule has 2 nitrogen and oxygen atoms in total. The molecule has 2 fully saturated rings. The smallest absolute Gasteiger partial charge is 0.165 e. The lowest BCUT2D eigenvalue weighted by Gasteiger charge is -2.27. The molecule has 0 saturated heterocycles. The molecule has 18 heavy (non-hydrogen) atoms. The highest BCUT2D eigenvalue weighted by molar-refractivity contribution is 5.41. The molecule has 98 valence electrons. The lowest BCUT2D eigenvalue weighted by molar-refractivity contribution is 0.273. The summed E-state index contributed by atoms with van der Waals surface area (Å²) in [5.74, 6) is 0.744. The maximum Gasteiger partial charge on any atom is 0.165 e. The maximum absolute atomic E-state index is 14.0. The minimum atomic E-state index is -0.388. The molecule has 0 atom stereocenters. The van der Waals surface area contributed by atoms with E-state index in [-0.39, 0.29) is 11.4 Å². The number of halogens is 1. The quantitative estimate of drug-likeness (QED) is 0.888. The second-order valence-corrected chi connectivity index (χ2v) is 5.73. The number of hydrogen-bond acceptors (Lipinski definition) is 2. The summed E-state index contributed by atoms with van der Waals surface area (Å²) in [6.45, 7) is 0.629. The molecular formula is C15H20FNO. The highest BCUT2D eigenvalue weighted by Gasteiger charge is 2.35. The fourth-order valence-corrected chi connectivity index (χ4v) is 2.81. The predicted octanol–water partition coefficient (Wildman–Crippen LogP) is 3.34. The SMILES string of the molecule is NC1(c2cccc(F)c2OCC2CC2)CCCC1. The van der Waals surface area contributed by atoms with Crippen LogP contribution in [0, 0.1) is 11.7 Å². The minimum Gasteiger partial charge on any atom is -0.490 e. The van der Waals surface area contributed by atoms with Crippen molar-refractivity contribution in [3.05, 3.63) is 29.6 Å². The molecule has 0 spiro atoms. The van der Waals surface area contributed by atoms with E-state index in [1.807, 2.05) is 6.07 Å². The van der Waals surface area contributed by atoms with Crippen LogP contribution in [-0.2, 0) is 5.54 Å². The first-order chi connectivity index (χ1) is 8.69. The van der Waals surface area contributed by atoms with E-state index in [0.29, 0.717) is 18.3 Å². The van der Waals surface area contributed by atoms with Crippen LogP contribution >= 0.6 is 0 Å². The normalized spacial score (nSPS) is 22.1. The number of ether oxygens (including phenoxy) is 1. The molecule has 0 bridgehead atoms. The predicted molar refractivity (Wildman–Crippen MR) is 69.0 cm³/mol. The van der Waals surface area contributed by atoms with E-state index in [1.165, 1.54) is 18.9 Å². The zero-order valence-electron chi connectivity index (χ0n) is 10.6. The summed E-state index contributed by atoms with van der Waals surface area (Å²) in [6, 6.07) is 5.13. The molecule has 2 aliphatic rings. The van der Waals surface area contributed by atoms with E-state index in [1.54, 1.807) is 6.07 Å². The molecule has 3 heteroatoms. The zero-order valence-corrected chi connectivity index (χ0v) is 10.6. The summed E-state index contributed by atoms with van der Waals surface area (Å²) in [6.07, 6.45) is 6.51. The van der Waals surface area contributed by atoms with Gasteiger partial charge in [0.2, 0.25) is 0 Å². The van der Waals surface area contributed by atoms with Gasteiger partial charge < -0.3 is 10.5 Å². The summed E-state index contributed by atoms with van der Waals surface area (Å²) in [7, 11) is 0. The van der Waals surface area contributed by atoms with Crippen molar-refractivity contribution in [2.75, 3.05) is 6.61 Å². The minimum absolute atomic E-state index is 0.273. The molecule has 0 radical (unpaired) electrons. The van der Waals surface area contributed by atoms with Crippen LogP contribution in [0.3, 0.4) is 0 Å². The highest BCUT2D eigenvalue weighted by atomic mass is 19.1. The van der Waals surface area contributed by atoms with Gasteiger partial charge in [0.15, 0.2) is 11.6 Å². The molecule has 2 aliphatic carbocycles. The van der Waals surface area contributed by atoms with Crippen LogP contribution in [0.5, 0.6) is 5.75 Å². The van der Waals surface area contributed by atoms with E-state index in [9.17, 15) is 4.39 Å². The first-order valence-electron chi connectivity index (χ1n) is 6.90. The third kappa shape index (κ3) is 2.24. The molecule has 1 aromatic rings. The molecule has 0 aromatic heterocycles. The average Bonchev–Trinajstić information content (AvgIpc) is 3.08. The van der Waals surface area contributed by atoms with Crippen LogP contribution in [0.1, 0.15) is 44.1 Å². The molecule has 2 saturated carbocycles. The summed E-state index contributed by atoms with van der Waals surface area (Å²) < 4.78 is 19.7. The molecule has 3 rings (SSSR count). The topological polar surface area (TPSA) is 35.2 Å².